The van der Waals surface area contributed by atoms with Crippen LogP contribution in [0, 0.1) is 17.1 Å². The molecule has 32 heavy (non-hydrogen) atoms. The van der Waals surface area contributed by atoms with Gasteiger partial charge in [-0.3, -0.25) is 14.0 Å². The zero-order chi connectivity index (χ0) is 22.2. The number of hydrogen-bond acceptors (Lipinski definition) is 4. The molecule has 1 aliphatic heterocycles. The third-order valence-electron chi connectivity index (χ3n) is 5.80. The summed E-state index contributed by atoms with van der Waals surface area (Å²) >= 11 is 0. The molecule has 2 aromatic heterocycles. The zero-order valence-corrected chi connectivity index (χ0v) is 17.6. The maximum atomic E-state index is 14.4. The third-order valence-corrected chi connectivity index (χ3v) is 5.80. The molecule has 5 rings (SSSR count). The fourth-order valence-corrected chi connectivity index (χ4v) is 4.17. The van der Waals surface area contributed by atoms with Crippen molar-refractivity contribution in [2.24, 2.45) is 7.05 Å². The first-order valence-electron chi connectivity index (χ1n) is 10.6. The highest BCUT2D eigenvalue weighted by Gasteiger charge is 2.23. The lowest BCUT2D eigenvalue weighted by Crippen LogP contribution is -2.35. The SMILES string of the molecule is Cn1cc2cc(-n3cc(C(=O)N4CCCCC4)nc3-c3ccc(C#N)c(F)c3)ccc2n1. The Hall–Kier alpha value is -3.99. The minimum absolute atomic E-state index is 0.0340. The van der Waals surface area contributed by atoms with Crippen LogP contribution in [0.1, 0.15) is 35.3 Å². The van der Waals surface area contributed by atoms with Crippen molar-refractivity contribution in [2.75, 3.05) is 13.1 Å². The average Bonchev–Trinajstić information content (AvgIpc) is 3.41. The van der Waals surface area contributed by atoms with Gasteiger partial charge in [0.2, 0.25) is 0 Å². The Balaban J connectivity index is 1.64. The Bertz CT molecular complexity index is 1370. The molecule has 160 valence electrons. The molecule has 4 aromatic rings. The molecular weight excluding hydrogens is 407 g/mol. The molecule has 0 bridgehead atoms. The smallest absolute Gasteiger partial charge is 0.274 e. The van der Waals surface area contributed by atoms with Crippen LogP contribution < -0.4 is 0 Å². The number of rotatable bonds is 3. The number of amides is 1. The number of aromatic nitrogens is 4. The highest BCUT2D eigenvalue weighted by atomic mass is 19.1. The molecule has 0 N–H and O–H groups in total. The second-order valence-corrected chi connectivity index (χ2v) is 8.02. The Kier molecular flexibility index (Phi) is 4.94. The highest BCUT2D eigenvalue weighted by molar-refractivity contribution is 5.93. The number of piperidine rings is 1. The molecule has 0 unspecified atom stereocenters. The van der Waals surface area contributed by atoms with E-state index in [1.54, 1.807) is 21.5 Å². The van der Waals surface area contributed by atoms with Crippen molar-refractivity contribution in [2.45, 2.75) is 19.3 Å². The number of benzene rings is 2. The Labute approximate surface area is 184 Å². The summed E-state index contributed by atoms with van der Waals surface area (Å²) in [6.07, 6.45) is 6.71. The molecule has 1 fully saturated rings. The molecule has 1 saturated heterocycles. The Morgan fingerprint density at radius 2 is 1.91 bits per heavy atom. The van der Waals surface area contributed by atoms with Gasteiger partial charge in [-0.15, -0.1) is 0 Å². The van der Waals surface area contributed by atoms with Crippen LogP contribution in [0.15, 0.2) is 48.8 Å². The maximum Gasteiger partial charge on any atom is 0.274 e. The van der Waals surface area contributed by atoms with Gasteiger partial charge in [-0.05, 0) is 55.7 Å². The minimum Gasteiger partial charge on any atom is -0.337 e. The van der Waals surface area contributed by atoms with Crippen molar-refractivity contribution in [1.29, 1.82) is 5.26 Å². The molecule has 7 nitrogen and oxygen atoms in total. The lowest BCUT2D eigenvalue weighted by molar-refractivity contribution is 0.0719. The van der Waals surface area contributed by atoms with Crippen molar-refractivity contribution in [3.05, 3.63) is 65.9 Å². The van der Waals surface area contributed by atoms with Crippen LogP contribution in [0.3, 0.4) is 0 Å². The first-order valence-corrected chi connectivity index (χ1v) is 10.6. The summed E-state index contributed by atoms with van der Waals surface area (Å²) < 4.78 is 17.9. The van der Waals surface area contributed by atoms with Crippen molar-refractivity contribution in [3.8, 4) is 23.1 Å². The fourth-order valence-electron chi connectivity index (χ4n) is 4.17. The van der Waals surface area contributed by atoms with Gasteiger partial charge >= 0.3 is 0 Å². The normalized spacial score (nSPS) is 14.0. The van der Waals surface area contributed by atoms with E-state index in [9.17, 15) is 9.18 Å². The number of likely N-dealkylation sites (tertiary alicyclic amines) is 1. The number of fused-ring (bicyclic) bond motifs is 1. The lowest BCUT2D eigenvalue weighted by atomic mass is 10.1. The molecule has 8 heteroatoms. The molecule has 3 heterocycles. The van der Waals surface area contributed by atoms with Crippen LogP contribution in [0.5, 0.6) is 0 Å². The second-order valence-electron chi connectivity index (χ2n) is 8.02. The summed E-state index contributed by atoms with van der Waals surface area (Å²) in [4.78, 5) is 19.6. The van der Waals surface area contributed by atoms with Crippen LogP contribution in [-0.2, 0) is 7.05 Å². The van der Waals surface area contributed by atoms with Crippen LogP contribution in [-0.4, -0.2) is 43.2 Å². The molecule has 0 spiro atoms. The van der Waals surface area contributed by atoms with Gasteiger partial charge in [0.25, 0.3) is 5.91 Å². The van der Waals surface area contributed by atoms with Gasteiger partial charge < -0.3 is 4.90 Å². The van der Waals surface area contributed by atoms with E-state index in [2.05, 4.69) is 10.1 Å². The summed E-state index contributed by atoms with van der Waals surface area (Å²) in [5, 5.41) is 14.4. The van der Waals surface area contributed by atoms with Gasteiger partial charge in [-0.1, -0.05) is 0 Å². The molecule has 1 amide bonds. The third kappa shape index (κ3) is 3.52. The van der Waals surface area contributed by atoms with Crippen molar-refractivity contribution in [3.63, 3.8) is 0 Å². The second kappa shape index (κ2) is 7.93. The summed E-state index contributed by atoms with van der Waals surface area (Å²) in [5.74, 6) is -0.301. The largest absolute Gasteiger partial charge is 0.337 e. The number of carbonyl (C=O) groups excluding carboxylic acids is 1. The van der Waals surface area contributed by atoms with E-state index in [-0.39, 0.29) is 11.5 Å². The predicted molar refractivity (Wildman–Crippen MR) is 118 cm³/mol. The monoisotopic (exact) mass is 428 g/mol. The van der Waals surface area contributed by atoms with Crippen molar-refractivity contribution in [1.82, 2.24) is 24.2 Å². The Morgan fingerprint density at radius 3 is 2.66 bits per heavy atom. The summed E-state index contributed by atoms with van der Waals surface area (Å²) in [6, 6.07) is 12.0. The van der Waals surface area contributed by atoms with E-state index in [0.717, 1.165) is 35.9 Å². The number of nitriles is 1. The van der Waals surface area contributed by atoms with Gasteiger partial charge in [0.1, 0.15) is 23.4 Å². The minimum atomic E-state index is -0.619. The number of imidazole rings is 1. The van der Waals surface area contributed by atoms with E-state index in [1.807, 2.05) is 42.4 Å². The number of halogens is 1. The maximum absolute atomic E-state index is 14.4. The number of nitrogens with zero attached hydrogens (tertiary/aromatic N) is 6. The summed E-state index contributed by atoms with van der Waals surface area (Å²) in [5.41, 5.74) is 2.42. The number of aryl methyl sites for hydroxylation is 1. The van der Waals surface area contributed by atoms with E-state index < -0.39 is 5.82 Å². The van der Waals surface area contributed by atoms with Gasteiger partial charge in [-0.25, -0.2) is 9.37 Å². The lowest BCUT2D eigenvalue weighted by Gasteiger charge is -2.25. The average molecular weight is 428 g/mol. The zero-order valence-electron chi connectivity index (χ0n) is 17.6. The predicted octanol–water partition coefficient (Wildman–Crippen LogP) is 4.06. The fraction of sp³-hybridized carbons (Fsp3) is 0.250. The number of carbonyl (C=O) groups is 1. The molecule has 0 radical (unpaired) electrons. The first kappa shape index (κ1) is 19.9. The summed E-state index contributed by atoms with van der Waals surface area (Å²) in [6.45, 7) is 1.43. The topological polar surface area (TPSA) is 79.7 Å². The number of hydrogen-bond donors (Lipinski definition) is 0. The van der Waals surface area contributed by atoms with E-state index in [1.165, 1.54) is 12.1 Å². The first-order chi connectivity index (χ1) is 15.5. The van der Waals surface area contributed by atoms with Crippen LogP contribution in [0.25, 0.3) is 28.0 Å². The molecule has 0 saturated carbocycles. The van der Waals surface area contributed by atoms with E-state index >= 15 is 0 Å². The molecule has 0 aliphatic carbocycles. The van der Waals surface area contributed by atoms with Crippen molar-refractivity contribution < 1.29 is 9.18 Å². The van der Waals surface area contributed by atoms with E-state index in [0.29, 0.717) is 30.2 Å². The van der Waals surface area contributed by atoms with Crippen LogP contribution >= 0.6 is 0 Å². The quantitative estimate of drug-likeness (QED) is 0.493. The molecule has 1 aliphatic rings. The Morgan fingerprint density at radius 1 is 1.09 bits per heavy atom. The van der Waals surface area contributed by atoms with E-state index in [4.69, 9.17) is 5.26 Å². The van der Waals surface area contributed by atoms with Gasteiger partial charge in [0.15, 0.2) is 0 Å². The standard InChI is InChI=1S/C24H21FN6O/c1-29-14-18-11-19(7-8-21(18)28-29)31-15-22(24(32)30-9-3-2-4-10-30)27-23(31)16-5-6-17(13-26)20(25)12-16/h5-8,11-12,14-15H,2-4,9-10H2,1H3. The van der Waals surface area contributed by atoms with Gasteiger partial charge in [-0.2, -0.15) is 10.4 Å². The highest BCUT2D eigenvalue weighted by Crippen LogP contribution is 2.27. The van der Waals surface area contributed by atoms with Gasteiger partial charge in [0.05, 0.1) is 11.1 Å². The van der Waals surface area contributed by atoms with Crippen molar-refractivity contribution >= 4 is 16.8 Å². The van der Waals surface area contributed by atoms with Crippen LogP contribution in [0.4, 0.5) is 4.39 Å². The molecule has 0 atom stereocenters. The van der Waals surface area contributed by atoms with Crippen LogP contribution in [0.2, 0.25) is 0 Å². The molecular formula is C24H21FN6O. The molecule has 2 aromatic carbocycles. The summed E-state index contributed by atoms with van der Waals surface area (Å²) in [7, 11) is 1.86. The van der Waals surface area contributed by atoms with Gasteiger partial charge in [0, 0.05) is 49.2 Å².